The van der Waals surface area contributed by atoms with Crippen LogP contribution in [0.5, 0.6) is 5.75 Å². The summed E-state index contributed by atoms with van der Waals surface area (Å²) in [5, 5.41) is 12.8. The van der Waals surface area contributed by atoms with Crippen molar-refractivity contribution in [2.75, 3.05) is 6.61 Å². The van der Waals surface area contributed by atoms with Gasteiger partial charge in [0.1, 0.15) is 5.75 Å². The van der Waals surface area contributed by atoms with Crippen LogP contribution in [-0.4, -0.2) is 23.6 Å². The summed E-state index contributed by atoms with van der Waals surface area (Å²) in [4.78, 5) is 24.9. The first kappa shape index (κ1) is 17.0. The zero-order valence-corrected chi connectivity index (χ0v) is 14.0. The molecular weight excluding hydrogens is 318 g/mol. The van der Waals surface area contributed by atoms with Crippen LogP contribution in [0.15, 0.2) is 54.6 Å². The number of esters is 1. The predicted octanol–water partition coefficient (Wildman–Crippen LogP) is 2.92. The fraction of sp³-hybridized carbons (Fsp3) is 0.300. The van der Waals surface area contributed by atoms with E-state index in [1.807, 2.05) is 30.3 Å². The summed E-state index contributed by atoms with van der Waals surface area (Å²) in [6.45, 7) is 1.91. The SMILES string of the molecule is CCOC(=O)C(NC(=O)C1CC1c1ccccc1)c1ccccc1O. The number of ether oxygens (including phenoxy) is 1. The minimum Gasteiger partial charge on any atom is -0.508 e. The van der Waals surface area contributed by atoms with Crippen LogP contribution < -0.4 is 5.32 Å². The Hall–Kier alpha value is -2.82. The van der Waals surface area contributed by atoms with Gasteiger partial charge in [0.15, 0.2) is 6.04 Å². The van der Waals surface area contributed by atoms with Crippen LogP contribution in [-0.2, 0) is 14.3 Å². The lowest BCUT2D eigenvalue weighted by molar-refractivity contribution is -0.147. The fourth-order valence-corrected chi connectivity index (χ4v) is 3.02. The molecule has 1 saturated carbocycles. The number of para-hydroxylation sites is 1. The van der Waals surface area contributed by atoms with E-state index < -0.39 is 12.0 Å². The van der Waals surface area contributed by atoms with Crippen molar-refractivity contribution >= 4 is 11.9 Å². The first-order chi connectivity index (χ1) is 12.1. The van der Waals surface area contributed by atoms with Crippen molar-refractivity contribution in [1.29, 1.82) is 0 Å². The van der Waals surface area contributed by atoms with E-state index in [-0.39, 0.29) is 30.1 Å². The number of amides is 1. The van der Waals surface area contributed by atoms with E-state index >= 15 is 0 Å². The van der Waals surface area contributed by atoms with E-state index in [9.17, 15) is 14.7 Å². The van der Waals surface area contributed by atoms with Crippen LogP contribution in [0.4, 0.5) is 0 Å². The van der Waals surface area contributed by atoms with Crippen LogP contribution in [0.1, 0.15) is 36.4 Å². The van der Waals surface area contributed by atoms with Crippen molar-refractivity contribution in [2.24, 2.45) is 5.92 Å². The van der Waals surface area contributed by atoms with E-state index in [0.717, 1.165) is 12.0 Å². The lowest BCUT2D eigenvalue weighted by Crippen LogP contribution is -2.36. The molecule has 3 atom stereocenters. The molecule has 2 aromatic rings. The summed E-state index contributed by atoms with van der Waals surface area (Å²) in [7, 11) is 0. The maximum atomic E-state index is 12.6. The molecule has 1 aliphatic rings. The van der Waals surface area contributed by atoms with Crippen molar-refractivity contribution in [3.63, 3.8) is 0 Å². The average molecular weight is 339 g/mol. The maximum Gasteiger partial charge on any atom is 0.333 e. The number of hydrogen-bond donors (Lipinski definition) is 2. The van der Waals surface area contributed by atoms with Gasteiger partial charge in [-0.1, -0.05) is 48.5 Å². The second-order valence-corrected chi connectivity index (χ2v) is 6.11. The summed E-state index contributed by atoms with van der Waals surface area (Å²) in [6.07, 6.45) is 0.756. The molecule has 0 aromatic heterocycles. The highest BCUT2D eigenvalue weighted by Crippen LogP contribution is 2.47. The molecule has 0 aliphatic heterocycles. The highest BCUT2D eigenvalue weighted by Gasteiger charge is 2.45. The Bertz CT molecular complexity index is 759. The Morgan fingerprint density at radius 2 is 1.84 bits per heavy atom. The highest BCUT2D eigenvalue weighted by atomic mass is 16.5. The molecule has 0 heterocycles. The molecule has 2 N–H and O–H groups in total. The number of benzene rings is 2. The van der Waals surface area contributed by atoms with Crippen LogP contribution in [0.2, 0.25) is 0 Å². The molecule has 1 fully saturated rings. The monoisotopic (exact) mass is 339 g/mol. The zero-order chi connectivity index (χ0) is 17.8. The van der Waals surface area contributed by atoms with Gasteiger partial charge in [-0.2, -0.15) is 0 Å². The second-order valence-electron chi connectivity index (χ2n) is 6.11. The number of aromatic hydroxyl groups is 1. The standard InChI is InChI=1S/C20H21NO4/c1-2-25-20(24)18(14-10-6-7-11-17(14)22)21-19(23)16-12-15(16)13-8-4-3-5-9-13/h3-11,15-16,18,22H,2,12H2,1H3,(H,21,23). The van der Waals surface area contributed by atoms with E-state index in [1.165, 1.54) is 6.07 Å². The fourth-order valence-electron chi connectivity index (χ4n) is 3.02. The van der Waals surface area contributed by atoms with Crippen LogP contribution >= 0.6 is 0 Å². The summed E-state index contributed by atoms with van der Waals surface area (Å²) >= 11 is 0. The molecule has 3 rings (SSSR count). The highest BCUT2D eigenvalue weighted by molar-refractivity contribution is 5.89. The van der Waals surface area contributed by atoms with Crippen molar-refractivity contribution < 1.29 is 19.4 Å². The number of nitrogens with one attached hydrogen (secondary N) is 1. The number of carbonyl (C=O) groups is 2. The van der Waals surface area contributed by atoms with Crippen molar-refractivity contribution in [2.45, 2.75) is 25.3 Å². The molecule has 0 saturated heterocycles. The topological polar surface area (TPSA) is 75.6 Å². The predicted molar refractivity (Wildman–Crippen MR) is 92.9 cm³/mol. The number of phenols is 1. The molecule has 0 radical (unpaired) electrons. The van der Waals surface area contributed by atoms with Gasteiger partial charge in [-0.05, 0) is 30.9 Å². The maximum absolute atomic E-state index is 12.6. The molecule has 0 spiro atoms. The number of phenolic OH excluding ortho intramolecular Hbond substituents is 1. The summed E-state index contributed by atoms with van der Waals surface area (Å²) in [6, 6.07) is 15.3. The molecule has 1 aliphatic carbocycles. The minimum absolute atomic E-state index is 0.0451. The lowest BCUT2D eigenvalue weighted by atomic mass is 10.0. The third kappa shape index (κ3) is 3.82. The average Bonchev–Trinajstić information content (AvgIpc) is 3.42. The number of rotatable bonds is 6. The van der Waals surface area contributed by atoms with E-state index in [1.54, 1.807) is 25.1 Å². The van der Waals surface area contributed by atoms with Gasteiger partial charge in [-0.25, -0.2) is 4.79 Å². The van der Waals surface area contributed by atoms with E-state index in [2.05, 4.69) is 5.32 Å². The third-order valence-corrected chi connectivity index (χ3v) is 4.41. The minimum atomic E-state index is -1.01. The molecule has 25 heavy (non-hydrogen) atoms. The first-order valence-electron chi connectivity index (χ1n) is 8.41. The van der Waals surface area contributed by atoms with Crippen molar-refractivity contribution in [3.05, 3.63) is 65.7 Å². The molecule has 1 amide bonds. The Labute approximate surface area is 146 Å². The molecule has 0 bridgehead atoms. The van der Waals surface area contributed by atoms with Gasteiger partial charge >= 0.3 is 5.97 Å². The quantitative estimate of drug-likeness (QED) is 0.794. The largest absolute Gasteiger partial charge is 0.508 e. The zero-order valence-electron chi connectivity index (χ0n) is 14.0. The van der Waals surface area contributed by atoms with Gasteiger partial charge in [-0.15, -0.1) is 0 Å². The summed E-state index contributed by atoms with van der Waals surface area (Å²) in [5.74, 6) is -0.806. The van der Waals surface area contributed by atoms with Gasteiger partial charge in [0.25, 0.3) is 0 Å². The molecule has 130 valence electrons. The van der Waals surface area contributed by atoms with Crippen LogP contribution in [0.25, 0.3) is 0 Å². The molecule has 2 aromatic carbocycles. The van der Waals surface area contributed by atoms with Gasteiger partial charge in [0, 0.05) is 11.5 Å². The van der Waals surface area contributed by atoms with Gasteiger partial charge in [-0.3, -0.25) is 4.79 Å². The normalized spacial score (nSPS) is 19.7. The van der Waals surface area contributed by atoms with Crippen molar-refractivity contribution in [1.82, 2.24) is 5.32 Å². The first-order valence-corrected chi connectivity index (χ1v) is 8.41. The Kier molecular flexibility index (Phi) is 5.03. The van der Waals surface area contributed by atoms with Crippen LogP contribution in [0, 0.1) is 5.92 Å². The summed E-state index contributed by atoms with van der Waals surface area (Å²) < 4.78 is 5.06. The summed E-state index contributed by atoms with van der Waals surface area (Å²) in [5.41, 5.74) is 1.46. The van der Waals surface area contributed by atoms with Gasteiger partial charge < -0.3 is 15.2 Å². The van der Waals surface area contributed by atoms with E-state index in [4.69, 9.17) is 4.74 Å². The second kappa shape index (κ2) is 7.38. The van der Waals surface area contributed by atoms with Crippen LogP contribution in [0.3, 0.4) is 0 Å². The number of carbonyl (C=O) groups excluding carboxylic acids is 2. The molecule has 5 nitrogen and oxygen atoms in total. The third-order valence-electron chi connectivity index (χ3n) is 4.41. The Morgan fingerprint density at radius 3 is 2.52 bits per heavy atom. The Balaban J connectivity index is 1.74. The van der Waals surface area contributed by atoms with Crippen molar-refractivity contribution in [3.8, 4) is 5.75 Å². The van der Waals surface area contributed by atoms with Gasteiger partial charge in [0.05, 0.1) is 6.61 Å². The molecule has 3 unspecified atom stereocenters. The molecular formula is C20H21NO4. The van der Waals surface area contributed by atoms with E-state index in [0.29, 0.717) is 5.56 Å². The van der Waals surface area contributed by atoms with Gasteiger partial charge in [0.2, 0.25) is 5.91 Å². The Morgan fingerprint density at radius 1 is 1.16 bits per heavy atom. The molecule has 5 heteroatoms. The smallest absolute Gasteiger partial charge is 0.333 e. The number of hydrogen-bond acceptors (Lipinski definition) is 4. The lowest BCUT2D eigenvalue weighted by Gasteiger charge is -2.18.